The van der Waals surface area contributed by atoms with E-state index in [0.717, 1.165) is 18.9 Å². The fourth-order valence-electron chi connectivity index (χ4n) is 3.22. The molecule has 0 bridgehead atoms. The Morgan fingerprint density at radius 1 is 1.08 bits per heavy atom. The number of carbonyl (C=O) groups excluding carboxylic acids is 1. The van der Waals surface area contributed by atoms with Gasteiger partial charge < -0.3 is 20.3 Å². The number of phenolic OH excluding ortho intramolecular Hbond substituents is 1. The van der Waals surface area contributed by atoms with Gasteiger partial charge in [-0.15, -0.1) is 0 Å². The first-order valence-electron chi connectivity index (χ1n) is 8.74. The van der Waals surface area contributed by atoms with E-state index in [4.69, 9.17) is 4.74 Å². The summed E-state index contributed by atoms with van der Waals surface area (Å²) < 4.78 is 19.4. The molecular weight excluding hydrogens is 337 g/mol. The summed E-state index contributed by atoms with van der Waals surface area (Å²) in [5, 5.41) is 23.2. The number of benzene rings is 2. The summed E-state index contributed by atoms with van der Waals surface area (Å²) in [7, 11) is 0. The maximum Gasteiger partial charge on any atom is 0.255 e. The molecule has 2 aromatic carbocycles. The van der Waals surface area contributed by atoms with Crippen LogP contribution in [0.25, 0.3) is 0 Å². The van der Waals surface area contributed by atoms with Crippen LogP contribution in [0.2, 0.25) is 0 Å². The van der Waals surface area contributed by atoms with Crippen molar-refractivity contribution in [3.63, 3.8) is 0 Å². The molecule has 138 valence electrons. The number of nitrogens with one attached hydrogen (secondary N) is 1. The van der Waals surface area contributed by atoms with E-state index in [9.17, 15) is 19.4 Å². The van der Waals surface area contributed by atoms with Crippen molar-refractivity contribution in [3.05, 3.63) is 59.9 Å². The van der Waals surface area contributed by atoms with Gasteiger partial charge in [-0.1, -0.05) is 30.7 Å². The Kier molecular flexibility index (Phi) is 5.73. The number of aliphatic hydroxyl groups is 1. The van der Waals surface area contributed by atoms with Crippen LogP contribution in [0.15, 0.2) is 48.5 Å². The van der Waals surface area contributed by atoms with Crippen LogP contribution in [-0.2, 0) is 0 Å². The third-order valence-corrected chi connectivity index (χ3v) is 4.63. The van der Waals surface area contributed by atoms with Crippen LogP contribution in [-0.4, -0.2) is 34.4 Å². The summed E-state index contributed by atoms with van der Waals surface area (Å²) in [5.41, 5.74) is -0.151. The van der Waals surface area contributed by atoms with Crippen LogP contribution in [0.4, 0.5) is 4.39 Å². The molecule has 0 radical (unpaired) electrons. The number of carbonyl (C=O) groups is 1. The number of halogens is 1. The number of hydrogen-bond donors (Lipinski definition) is 3. The van der Waals surface area contributed by atoms with Crippen molar-refractivity contribution in [1.82, 2.24) is 5.32 Å². The van der Waals surface area contributed by atoms with Gasteiger partial charge in [0, 0.05) is 0 Å². The van der Waals surface area contributed by atoms with Crippen molar-refractivity contribution in [1.29, 1.82) is 0 Å². The van der Waals surface area contributed by atoms with Crippen LogP contribution >= 0.6 is 0 Å². The molecule has 1 amide bonds. The molecule has 1 saturated carbocycles. The van der Waals surface area contributed by atoms with E-state index < -0.39 is 35.7 Å². The molecule has 0 heterocycles. The van der Waals surface area contributed by atoms with E-state index in [1.54, 1.807) is 0 Å². The summed E-state index contributed by atoms with van der Waals surface area (Å²) in [4.78, 5) is 12.4. The fourth-order valence-corrected chi connectivity index (χ4v) is 3.22. The number of ether oxygens (including phenoxy) is 1. The molecule has 3 N–H and O–H groups in total. The first-order chi connectivity index (χ1) is 12.6. The first kappa shape index (κ1) is 18.2. The van der Waals surface area contributed by atoms with Gasteiger partial charge >= 0.3 is 0 Å². The number of amides is 1. The highest BCUT2D eigenvalue weighted by Gasteiger charge is 2.33. The van der Waals surface area contributed by atoms with Crippen molar-refractivity contribution in [2.75, 3.05) is 0 Å². The minimum absolute atomic E-state index is 0.151. The molecule has 0 aliphatic heterocycles. The molecule has 3 rings (SSSR count). The topological polar surface area (TPSA) is 78.8 Å². The minimum Gasteiger partial charge on any atom is -0.504 e. The molecule has 26 heavy (non-hydrogen) atoms. The summed E-state index contributed by atoms with van der Waals surface area (Å²) >= 11 is 0. The smallest absolute Gasteiger partial charge is 0.255 e. The lowest BCUT2D eigenvalue weighted by atomic mass is 10.0. The number of aliphatic hydroxyl groups excluding tert-OH is 1. The molecular formula is C20H22FNO4. The molecule has 0 saturated heterocycles. The zero-order chi connectivity index (χ0) is 18.5. The lowest BCUT2D eigenvalue weighted by molar-refractivity contribution is 0.0129. The quantitative estimate of drug-likeness (QED) is 0.733. The Labute approximate surface area is 151 Å². The average Bonchev–Trinajstić information content (AvgIpc) is 2.81. The second-order valence-corrected chi connectivity index (χ2v) is 6.46. The van der Waals surface area contributed by atoms with Crippen LogP contribution in [0.1, 0.15) is 36.0 Å². The number of rotatable bonds is 4. The van der Waals surface area contributed by atoms with Crippen LogP contribution < -0.4 is 10.1 Å². The molecule has 1 aliphatic carbocycles. The zero-order valence-corrected chi connectivity index (χ0v) is 14.3. The van der Waals surface area contributed by atoms with E-state index in [2.05, 4.69) is 5.32 Å². The van der Waals surface area contributed by atoms with E-state index in [0.29, 0.717) is 18.6 Å². The average molecular weight is 359 g/mol. The molecule has 0 unspecified atom stereocenters. The molecule has 2 aromatic rings. The van der Waals surface area contributed by atoms with Gasteiger partial charge in [-0.3, -0.25) is 4.79 Å². The lowest BCUT2D eigenvalue weighted by Crippen LogP contribution is -2.49. The van der Waals surface area contributed by atoms with Crippen molar-refractivity contribution >= 4 is 5.91 Å². The normalized spacial score (nSPS) is 23.1. The Morgan fingerprint density at radius 3 is 2.58 bits per heavy atom. The minimum atomic E-state index is -0.905. The maximum atomic E-state index is 13.5. The largest absolute Gasteiger partial charge is 0.504 e. The van der Waals surface area contributed by atoms with Gasteiger partial charge in [-0.2, -0.15) is 0 Å². The van der Waals surface area contributed by atoms with Crippen LogP contribution in [0.5, 0.6) is 11.5 Å². The van der Waals surface area contributed by atoms with Crippen LogP contribution in [0, 0.1) is 5.82 Å². The van der Waals surface area contributed by atoms with E-state index in [1.165, 1.54) is 12.1 Å². The van der Waals surface area contributed by atoms with Gasteiger partial charge in [-0.25, -0.2) is 4.39 Å². The number of phenols is 1. The summed E-state index contributed by atoms with van der Waals surface area (Å²) in [6.45, 7) is 0. The van der Waals surface area contributed by atoms with Gasteiger partial charge in [-0.05, 0) is 43.5 Å². The predicted octanol–water partition coefficient (Wildman–Crippen LogP) is 3.01. The highest BCUT2D eigenvalue weighted by molar-refractivity contribution is 5.97. The first-order valence-corrected chi connectivity index (χ1v) is 8.74. The van der Waals surface area contributed by atoms with Crippen molar-refractivity contribution in [3.8, 4) is 11.5 Å². The third-order valence-electron chi connectivity index (χ3n) is 4.63. The van der Waals surface area contributed by atoms with Crippen LogP contribution in [0.3, 0.4) is 0 Å². The van der Waals surface area contributed by atoms with Gasteiger partial charge in [0.2, 0.25) is 0 Å². The van der Waals surface area contributed by atoms with Crippen molar-refractivity contribution in [2.24, 2.45) is 0 Å². The predicted molar refractivity (Wildman–Crippen MR) is 94.7 cm³/mol. The molecule has 6 heteroatoms. The van der Waals surface area contributed by atoms with Crippen molar-refractivity contribution in [2.45, 2.75) is 43.9 Å². The second kappa shape index (κ2) is 8.19. The van der Waals surface area contributed by atoms with E-state index in [-0.39, 0.29) is 5.56 Å². The fraction of sp³-hybridized carbons (Fsp3) is 0.350. The Bertz CT molecular complexity index is 753. The molecule has 0 spiro atoms. The Morgan fingerprint density at radius 2 is 1.81 bits per heavy atom. The zero-order valence-electron chi connectivity index (χ0n) is 14.3. The van der Waals surface area contributed by atoms with Gasteiger partial charge in [0.15, 0.2) is 11.6 Å². The maximum absolute atomic E-state index is 13.5. The molecule has 1 aliphatic rings. The third kappa shape index (κ3) is 4.14. The molecule has 5 nitrogen and oxygen atoms in total. The monoisotopic (exact) mass is 359 g/mol. The van der Waals surface area contributed by atoms with Gasteiger partial charge in [0.1, 0.15) is 18.0 Å². The second-order valence-electron chi connectivity index (χ2n) is 6.46. The number of hydrogen-bond acceptors (Lipinski definition) is 4. The lowest BCUT2D eigenvalue weighted by Gasteiger charge is -2.28. The summed E-state index contributed by atoms with van der Waals surface area (Å²) in [5.74, 6) is -1.51. The van der Waals surface area contributed by atoms with Crippen molar-refractivity contribution < 1.29 is 24.1 Å². The summed E-state index contributed by atoms with van der Waals surface area (Å²) in [6.07, 6.45) is 1.59. The van der Waals surface area contributed by atoms with E-state index >= 15 is 0 Å². The number of aromatic hydroxyl groups is 1. The molecule has 1 fully saturated rings. The standard InChI is InChI=1S/C20H22FNO4/c21-15-10-6-9-14(18(15)23)20(25)22-16-11-4-5-12-17(19(16)24)26-13-7-2-1-3-8-13/h1-3,6-10,16-17,19,23-24H,4-5,11-12H2,(H,22,25)/t16-,17-,19-/m1/s1. The highest BCUT2D eigenvalue weighted by Crippen LogP contribution is 2.25. The molecule has 3 atom stereocenters. The van der Waals surface area contributed by atoms with Gasteiger partial charge in [0.25, 0.3) is 5.91 Å². The number of para-hydroxylation sites is 2. The Hall–Kier alpha value is -2.60. The highest BCUT2D eigenvalue weighted by atomic mass is 19.1. The van der Waals surface area contributed by atoms with Gasteiger partial charge in [0.05, 0.1) is 11.6 Å². The SMILES string of the molecule is O=C(N[C@@H]1CCCC[C@@H](Oc2ccccc2)[C@@H]1O)c1cccc(F)c1O. The van der Waals surface area contributed by atoms with E-state index in [1.807, 2.05) is 30.3 Å². The Balaban J connectivity index is 1.72. The summed E-state index contributed by atoms with van der Waals surface area (Å²) in [6, 6.07) is 12.5. The molecule has 0 aromatic heterocycles.